The van der Waals surface area contributed by atoms with Crippen LogP contribution in [0.3, 0.4) is 0 Å². The lowest BCUT2D eigenvalue weighted by molar-refractivity contribution is 0.0795. The lowest BCUT2D eigenvalue weighted by Crippen LogP contribution is -2.28. The number of aromatic nitrogens is 1. The zero-order chi connectivity index (χ0) is 13.8. The molecule has 3 nitrogen and oxygen atoms in total. The molecule has 0 aliphatic heterocycles. The number of nitrogens with zero attached hydrogens (tertiary/aromatic N) is 2. The number of hydrogen-bond donors (Lipinski definition) is 0. The summed E-state index contributed by atoms with van der Waals surface area (Å²) in [6.07, 6.45) is 3.63. The van der Waals surface area contributed by atoms with Gasteiger partial charge in [0.15, 0.2) is 0 Å². The molecule has 0 saturated heterocycles. The Hall–Kier alpha value is -1.61. The fourth-order valence-corrected chi connectivity index (χ4v) is 2.24. The van der Waals surface area contributed by atoms with Crippen LogP contribution in [-0.4, -0.2) is 29.4 Å². The van der Waals surface area contributed by atoms with Crippen LogP contribution in [0.1, 0.15) is 30.1 Å². The van der Waals surface area contributed by atoms with Crippen LogP contribution in [0.4, 0.5) is 0 Å². The van der Waals surface area contributed by atoms with Crippen molar-refractivity contribution < 1.29 is 4.79 Å². The van der Waals surface area contributed by atoms with Crippen molar-refractivity contribution in [3.8, 4) is 0 Å². The molecule has 2 rings (SSSR count). The van der Waals surface area contributed by atoms with Gasteiger partial charge in [-0.1, -0.05) is 49.2 Å². The quantitative estimate of drug-likeness (QED) is 0.797. The second kappa shape index (κ2) is 6.02. The van der Waals surface area contributed by atoms with Gasteiger partial charge in [-0.15, -0.1) is 0 Å². The van der Waals surface area contributed by atoms with E-state index in [1.54, 1.807) is 11.1 Å². The van der Waals surface area contributed by atoms with Crippen molar-refractivity contribution in [1.29, 1.82) is 0 Å². The molecule has 0 fully saturated rings. The highest BCUT2D eigenvalue weighted by Crippen LogP contribution is 2.24. The number of amides is 1. The third-order valence-corrected chi connectivity index (χ3v) is 3.47. The van der Waals surface area contributed by atoms with Crippen molar-refractivity contribution >= 4 is 28.3 Å². The summed E-state index contributed by atoms with van der Waals surface area (Å²) in [5.74, 6) is -0.00573. The zero-order valence-corrected chi connectivity index (χ0v) is 11.9. The molecule has 19 heavy (non-hydrogen) atoms. The molecule has 1 heterocycles. The van der Waals surface area contributed by atoms with Gasteiger partial charge < -0.3 is 4.90 Å². The van der Waals surface area contributed by atoms with Crippen molar-refractivity contribution in [2.24, 2.45) is 0 Å². The number of carbonyl (C=O) groups excluding carboxylic acids is 1. The molecule has 4 heteroatoms. The molecule has 0 aliphatic rings. The molecular weight excluding hydrogens is 260 g/mol. The second-order valence-electron chi connectivity index (χ2n) is 4.59. The monoisotopic (exact) mass is 276 g/mol. The summed E-state index contributed by atoms with van der Waals surface area (Å²) < 4.78 is 0. The molecule has 1 aromatic carbocycles. The summed E-state index contributed by atoms with van der Waals surface area (Å²) in [6.45, 7) is 2.86. The molecule has 2 aromatic rings. The van der Waals surface area contributed by atoms with Crippen LogP contribution < -0.4 is 0 Å². The van der Waals surface area contributed by atoms with Crippen molar-refractivity contribution in [3.05, 3.63) is 41.2 Å². The van der Waals surface area contributed by atoms with Crippen LogP contribution in [0.25, 0.3) is 10.8 Å². The maximum atomic E-state index is 12.4. The molecule has 0 aliphatic carbocycles. The third-order valence-electron chi connectivity index (χ3n) is 3.17. The number of halogens is 1. The van der Waals surface area contributed by atoms with Crippen molar-refractivity contribution in [2.75, 3.05) is 13.6 Å². The van der Waals surface area contributed by atoms with Crippen molar-refractivity contribution in [2.45, 2.75) is 19.8 Å². The molecule has 1 amide bonds. The van der Waals surface area contributed by atoms with Crippen LogP contribution in [0.15, 0.2) is 30.5 Å². The minimum atomic E-state index is -0.00573. The van der Waals surface area contributed by atoms with Gasteiger partial charge in [0.1, 0.15) is 5.15 Å². The first-order valence-electron chi connectivity index (χ1n) is 6.44. The molecule has 0 saturated carbocycles. The van der Waals surface area contributed by atoms with Gasteiger partial charge in [0.05, 0.1) is 5.56 Å². The maximum Gasteiger partial charge on any atom is 0.255 e. The summed E-state index contributed by atoms with van der Waals surface area (Å²) >= 11 is 6.06. The van der Waals surface area contributed by atoms with Crippen LogP contribution in [0.2, 0.25) is 5.15 Å². The summed E-state index contributed by atoms with van der Waals surface area (Å²) in [5, 5.41) is 2.11. The summed E-state index contributed by atoms with van der Waals surface area (Å²) in [6, 6.07) is 7.59. The van der Waals surface area contributed by atoms with Gasteiger partial charge in [0, 0.05) is 25.2 Å². The average Bonchev–Trinajstić information content (AvgIpc) is 2.45. The van der Waals surface area contributed by atoms with E-state index in [9.17, 15) is 4.79 Å². The Morgan fingerprint density at radius 1 is 1.32 bits per heavy atom. The Labute approximate surface area is 118 Å². The van der Waals surface area contributed by atoms with Gasteiger partial charge in [0.2, 0.25) is 0 Å². The first kappa shape index (κ1) is 13.8. The number of pyridine rings is 1. The number of hydrogen-bond acceptors (Lipinski definition) is 2. The normalized spacial score (nSPS) is 10.7. The van der Waals surface area contributed by atoms with Gasteiger partial charge in [0.25, 0.3) is 5.91 Å². The van der Waals surface area contributed by atoms with Gasteiger partial charge in [-0.2, -0.15) is 0 Å². The topological polar surface area (TPSA) is 33.2 Å². The zero-order valence-electron chi connectivity index (χ0n) is 11.2. The van der Waals surface area contributed by atoms with E-state index in [4.69, 9.17) is 11.6 Å². The van der Waals surface area contributed by atoms with E-state index >= 15 is 0 Å². The number of benzene rings is 1. The highest BCUT2D eigenvalue weighted by atomic mass is 35.5. The Kier molecular flexibility index (Phi) is 4.38. The van der Waals surface area contributed by atoms with Gasteiger partial charge in [-0.05, 0) is 11.8 Å². The lowest BCUT2D eigenvalue weighted by Gasteiger charge is -2.17. The largest absolute Gasteiger partial charge is 0.342 e. The van der Waals surface area contributed by atoms with E-state index in [-0.39, 0.29) is 5.91 Å². The predicted octanol–water partition coefficient (Wildman–Crippen LogP) is 3.76. The second-order valence-corrected chi connectivity index (χ2v) is 4.95. The minimum Gasteiger partial charge on any atom is -0.342 e. The first-order valence-corrected chi connectivity index (χ1v) is 6.81. The molecule has 1 aromatic heterocycles. The Morgan fingerprint density at radius 2 is 2.00 bits per heavy atom. The fourth-order valence-electron chi connectivity index (χ4n) is 2.03. The molecule has 0 N–H and O–H groups in total. The SMILES string of the molecule is CCCCN(C)C(=O)c1cnc(Cl)c2ccccc12. The minimum absolute atomic E-state index is 0.00573. The summed E-state index contributed by atoms with van der Waals surface area (Å²) in [4.78, 5) is 18.3. The number of unbranched alkanes of at least 4 members (excludes halogenated alkanes) is 1. The van der Waals surface area contributed by atoms with E-state index in [0.717, 1.165) is 30.2 Å². The standard InChI is InChI=1S/C15H17ClN2O/c1-3-4-9-18(2)15(19)13-10-17-14(16)12-8-6-5-7-11(12)13/h5-8,10H,3-4,9H2,1-2H3. The predicted molar refractivity (Wildman–Crippen MR) is 78.6 cm³/mol. The van der Waals surface area contributed by atoms with Gasteiger partial charge >= 0.3 is 0 Å². The molecule has 0 radical (unpaired) electrons. The maximum absolute atomic E-state index is 12.4. The number of rotatable bonds is 4. The highest BCUT2D eigenvalue weighted by Gasteiger charge is 2.16. The Bertz CT molecular complexity index is 598. The number of fused-ring (bicyclic) bond motifs is 1. The van der Waals surface area contributed by atoms with E-state index in [1.807, 2.05) is 31.3 Å². The smallest absolute Gasteiger partial charge is 0.255 e. The Balaban J connectivity index is 2.40. The first-order chi connectivity index (χ1) is 9.15. The molecule has 0 atom stereocenters. The molecule has 0 bridgehead atoms. The lowest BCUT2D eigenvalue weighted by atomic mass is 10.1. The third kappa shape index (κ3) is 2.87. The Morgan fingerprint density at radius 3 is 2.68 bits per heavy atom. The van der Waals surface area contributed by atoms with Gasteiger partial charge in [-0.3, -0.25) is 4.79 Å². The van der Waals surface area contributed by atoms with Crippen LogP contribution in [0.5, 0.6) is 0 Å². The fraction of sp³-hybridized carbons (Fsp3) is 0.333. The van der Waals surface area contributed by atoms with Crippen LogP contribution >= 0.6 is 11.6 Å². The highest BCUT2D eigenvalue weighted by molar-refractivity contribution is 6.34. The van der Waals surface area contributed by atoms with Gasteiger partial charge in [-0.25, -0.2) is 4.98 Å². The molecular formula is C15H17ClN2O. The van der Waals surface area contributed by atoms with E-state index in [0.29, 0.717) is 10.7 Å². The van der Waals surface area contributed by atoms with E-state index in [1.165, 1.54) is 0 Å². The molecule has 0 spiro atoms. The average molecular weight is 277 g/mol. The molecule has 0 unspecified atom stereocenters. The van der Waals surface area contributed by atoms with Crippen LogP contribution in [-0.2, 0) is 0 Å². The number of carbonyl (C=O) groups is 1. The van der Waals surface area contributed by atoms with Crippen LogP contribution in [0, 0.1) is 0 Å². The van der Waals surface area contributed by atoms with E-state index < -0.39 is 0 Å². The van der Waals surface area contributed by atoms with E-state index in [2.05, 4.69) is 11.9 Å². The summed E-state index contributed by atoms with van der Waals surface area (Å²) in [5.41, 5.74) is 0.610. The van der Waals surface area contributed by atoms with Crippen molar-refractivity contribution in [1.82, 2.24) is 9.88 Å². The van der Waals surface area contributed by atoms with Crippen molar-refractivity contribution in [3.63, 3.8) is 0 Å². The summed E-state index contributed by atoms with van der Waals surface area (Å²) in [7, 11) is 1.82. The molecule has 100 valence electrons.